The van der Waals surface area contributed by atoms with Crippen LogP contribution in [0.15, 0.2) is 12.1 Å². The fraction of sp³-hybridized carbons (Fsp3) is 0.500. The Morgan fingerprint density at radius 3 is 2.85 bits per heavy atom. The second-order valence-electron chi connectivity index (χ2n) is 4.21. The summed E-state index contributed by atoms with van der Waals surface area (Å²) < 4.78 is 0. The lowest BCUT2D eigenvalue weighted by Crippen LogP contribution is -2.12. The maximum Gasteiger partial charge on any atom is 0.119 e. The van der Waals surface area contributed by atoms with E-state index in [1.807, 2.05) is 12.1 Å². The topological polar surface area (TPSA) is 20.2 Å². The second kappa shape index (κ2) is 3.06. The molecule has 1 atom stereocenters. The zero-order valence-electron chi connectivity index (χ0n) is 8.30. The van der Waals surface area contributed by atoms with Gasteiger partial charge in [-0.05, 0) is 54.9 Å². The highest BCUT2D eigenvalue weighted by Crippen LogP contribution is 2.33. The van der Waals surface area contributed by atoms with Crippen molar-refractivity contribution >= 4 is 0 Å². The van der Waals surface area contributed by atoms with Crippen LogP contribution in [-0.4, -0.2) is 5.11 Å². The van der Waals surface area contributed by atoms with Crippen LogP contribution in [0.5, 0.6) is 5.75 Å². The number of aromatic hydroxyl groups is 1. The molecule has 0 saturated heterocycles. The largest absolute Gasteiger partial charge is 0.508 e. The van der Waals surface area contributed by atoms with E-state index in [2.05, 4.69) is 13.8 Å². The van der Waals surface area contributed by atoms with Crippen LogP contribution < -0.4 is 0 Å². The highest BCUT2D eigenvalue weighted by atomic mass is 16.3. The van der Waals surface area contributed by atoms with Gasteiger partial charge in [0.2, 0.25) is 0 Å². The highest BCUT2D eigenvalue weighted by Gasteiger charge is 2.19. The molecule has 0 amide bonds. The van der Waals surface area contributed by atoms with Crippen molar-refractivity contribution in [3.63, 3.8) is 0 Å². The van der Waals surface area contributed by atoms with Crippen LogP contribution in [0.4, 0.5) is 0 Å². The molecule has 1 heteroatoms. The molecule has 0 aromatic heterocycles. The highest BCUT2D eigenvalue weighted by molar-refractivity contribution is 5.45. The third-order valence-corrected chi connectivity index (χ3v) is 3.08. The molecule has 1 aromatic rings. The number of hydrogen-bond acceptors (Lipinski definition) is 1. The van der Waals surface area contributed by atoms with Crippen LogP contribution in [0.1, 0.15) is 30.0 Å². The van der Waals surface area contributed by atoms with Gasteiger partial charge in [0.15, 0.2) is 0 Å². The van der Waals surface area contributed by atoms with Gasteiger partial charge in [0, 0.05) is 0 Å². The van der Waals surface area contributed by atoms with E-state index in [-0.39, 0.29) is 0 Å². The average molecular weight is 176 g/mol. The SMILES string of the molecule is Cc1ccc(O)c2c1CCC(C)C2. The fourth-order valence-corrected chi connectivity index (χ4v) is 2.21. The second-order valence-corrected chi connectivity index (χ2v) is 4.21. The van der Waals surface area contributed by atoms with Gasteiger partial charge < -0.3 is 5.11 Å². The molecule has 0 spiro atoms. The molecule has 2 rings (SSSR count). The maximum atomic E-state index is 9.70. The third-order valence-electron chi connectivity index (χ3n) is 3.08. The van der Waals surface area contributed by atoms with E-state index >= 15 is 0 Å². The molecule has 13 heavy (non-hydrogen) atoms. The molecule has 0 heterocycles. The molecule has 0 bridgehead atoms. The summed E-state index contributed by atoms with van der Waals surface area (Å²) in [6, 6.07) is 3.84. The molecule has 0 aliphatic heterocycles. The van der Waals surface area contributed by atoms with E-state index in [1.54, 1.807) is 0 Å². The maximum absolute atomic E-state index is 9.70. The lowest BCUT2D eigenvalue weighted by molar-refractivity contribution is 0.438. The summed E-state index contributed by atoms with van der Waals surface area (Å²) >= 11 is 0. The third kappa shape index (κ3) is 1.43. The Morgan fingerprint density at radius 2 is 2.08 bits per heavy atom. The summed E-state index contributed by atoms with van der Waals surface area (Å²) in [4.78, 5) is 0. The van der Waals surface area contributed by atoms with Crippen molar-refractivity contribution in [1.82, 2.24) is 0 Å². The molecule has 1 aliphatic rings. The fourth-order valence-electron chi connectivity index (χ4n) is 2.21. The van der Waals surface area contributed by atoms with Gasteiger partial charge in [-0.15, -0.1) is 0 Å². The summed E-state index contributed by atoms with van der Waals surface area (Å²) in [5, 5.41) is 9.70. The normalized spacial score (nSPS) is 21.2. The van der Waals surface area contributed by atoms with Crippen LogP contribution in [0.3, 0.4) is 0 Å². The van der Waals surface area contributed by atoms with E-state index in [9.17, 15) is 5.11 Å². The number of aryl methyl sites for hydroxylation is 1. The van der Waals surface area contributed by atoms with Gasteiger partial charge in [-0.2, -0.15) is 0 Å². The van der Waals surface area contributed by atoms with Gasteiger partial charge in [0.05, 0.1) is 0 Å². The summed E-state index contributed by atoms with van der Waals surface area (Å²) in [7, 11) is 0. The lowest BCUT2D eigenvalue weighted by atomic mass is 9.82. The zero-order valence-corrected chi connectivity index (χ0v) is 8.30. The number of rotatable bonds is 0. The molecular formula is C12H16O. The monoisotopic (exact) mass is 176 g/mol. The first kappa shape index (κ1) is 8.61. The minimum Gasteiger partial charge on any atom is -0.508 e. The average Bonchev–Trinajstić information content (AvgIpc) is 2.12. The molecule has 0 saturated carbocycles. The Morgan fingerprint density at radius 1 is 1.31 bits per heavy atom. The Kier molecular flexibility index (Phi) is 2.03. The Balaban J connectivity index is 2.51. The van der Waals surface area contributed by atoms with Gasteiger partial charge in [0.1, 0.15) is 5.75 Å². The first-order chi connectivity index (χ1) is 6.18. The first-order valence-corrected chi connectivity index (χ1v) is 4.99. The number of benzene rings is 1. The smallest absolute Gasteiger partial charge is 0.119 e. The molecule has 0 fully saturated rings. The van der Waals surface area contributed by atoms with Crippen molar-refractivity contribution in [2.24, 2.45) is 5.92 Å². The minimum atomic E-state index is 0.493. The summed E-state index contributed by atoms with van der Waals surface area (Å²) in [5.74, 6) is 1.22. The van der Waals surface area contributed by atoms with Crippen molar-refractivity contribution in [1.29, 1.82) is 0 Å². The van der Waals surface area contributed by atoms with Crippen LogP contribution in [0.2, 0.25) is 0 Å². The predicted octanol–water partition coefficient (Wildman–Crippen LogP) is 2.83. The molecular weight excluding hydrogens is 160 g/mol. The lowest BCUT2D eigenvalue weighted by Gasteiger charge is -2.23. The molecule has 1 unspecified atom stereocenters. The number of fused-ring (bicyclic) bond motifs is 1. The number of phenolic OH excluding ortho intramolecular Hbond substituents is 1. The van der Waals surface area contributed by atoms with Crippen molar-refractivity contribution in [2.75, 3.05) is 0 Å². The standard InChI is InChI=1S/C12H16O/c1-8-3-5-10-9(2)4-6-12(13)11(10)7-8/h4,6,8,13H,3,5,7H2,1-2H3. The zero-order chi connectivity index (χ0) is 9.42. The van der Waals surface area contributed by atoms with Gasteiger partial charge in [0.25, 0.3) is 0 Å². The molecule has 1 N–H and O–H groups in total. The molecule has 1 nitrogen and oxygen atoms in total. The van der Waals surface area contributed by atoms with E-state index in [4.69, 9.17) is 0 Å². The Hall–Kier alpha value is -0.980. The van der Waals surface area contributed by atoms with Crippen LogP contribution in [-0.2, 0) is 12.8 Å². The first-order valence-electron chi connectivity index (χ1n) is 4.99. The predicted molar refractivity (Wildman–Crippen MR) is 54.0 cm³/mol. The Bertz CT molecular complexity index is 328. The summed E-state index contributed by atoms with van der Waals surface area (Å²) in [6.45, 7) is 4.39. The van der Waals surface area contributed by atoms with Crippen molar-refractivity contribution < 1.29 is 5.11 Å². The number of hydrogen-bond donors (Lipinski definition) is 1. The van der Waals surface area contributed by atoms with Gasteiger partial charge >= 0.3 is 0 Å². The van der Waals surface area contributed by atoms with Crippen molar-refractivity contribution in [2.45, 2.75) is 33.1 Å². The van der Waals surface area contributed by atoms with Crippen LogP contribution in [0, 0.1) is 12.8 Å². The summed E-state index contributed by atoms with van der Waals surface area (Å²) in [6.07, 6.45) is 3.44. The quantitative estimate of drug-likeness (QED) is 0.644. The molecule has 1 aliphatic carbocycles. The molecule has 70 valence electrons. The van der Waals surface area contributed by atoms with Crippen LogP contribution in [0.25, 0.3) is 0 Å². The van der Waals surface area contributed by atoms with Crippen molar-refractivity contribution in [3.8, 4) is 5.75 Å². The van der Waals surface area contributed by atoms with E-state index in [0.29, 0.717) is 5.75 Å². The minimum absolute atomic E-state index is 0.493. The van der Waals surface area contributed by atoms with E-state index < -0.39 is 0 Å². The van der Waals surface area contributed by atoms with Crippen molar-refractivity contribution in [3.05, 3.63) is 28.8 Å². The Labute approximate surface area is 79.4 Å². The molecule has 0 radical (unpaired) electrons. The van der Waals surface area contributed by atoms with Gasteiger partial charge in [-0.1, -0.05) is 13.0 Å². The van der Waals surface area contributed by atoms with Gasteiger partial charge in [-0.25, -0.2) is 0 Å². The van der Waals surface area contributed by atoms with E-state index in [1.165, 1.54) is 23.1 Å². The van der Waals surface area contributed by atoms with Crippen LogP contribution >= 0.6 is 0 Å². The number of phenols is 1. The van der Waals surface area contributed by atoms with Gasteiger partial charge in [-0.3, -0.25) is 0 Å². The van der Waals surface area contributed by atoms with E-state index in [0.717, 1.165) is 18.8 Å². The summed E-state index contributed by atoms with van der Waals surface area (Å²) in [5.41, 5.74) is 3.91. The molecule has 1 aromatic carbocycles.